The second kappa shape index (κ2) is 7.20. The van der Waals surface area contributed by atoms with E-state index in [-0.39, 0.29) is 37.0 Å². The molecule has 10 heteroatoms. The highest BCUT2D eigenvalue weighted by Gasteiger charge is 2.32. The first-order chi connectivity index (χ1) is 12.3. The van der Waals surface area contributed by atoms with Crippen LogP contribution in [-0.2, 0) is 28.8 Å². The van der Waals surface area contributed by atoms with Crippen LogP contribution in [0.3, 0.4) is 0 Å². The first-order valence-corrected chi connectivity index (χ1v) is 8.29. The lowest BCUT2D eigenvalue weighted by Crippen LogP contribution is -2.39. The lowest BCUT2D eigenvalue weighted by atomic mass is 10.2. The number of fused-ring (bicyclic) bond motifs is 3. The molecule has 0 radical (unpaired) electrons. The number of hydrogen-bond donors (Lipinski definition) is 1. The highest BCUT2D eigenvalue weighted by molar-refractivity contribution is 5.77. The topological polar surface area (TPSA) is 86.3 Å². The Morgan fingerprint density at radius 3 is 2.88 bits per heavy atom. The monoisotopic (exact) mass is 371 g/mol. The Morgan fingerprint density at radius 1 is 1.42 bits per heavy atom. The molecular formula is C16H20F3N5O2. The van der Waals surface area contributed by atoms with E-state index in [0.29, 0.717) is 31.2 Å². The number of nitrogens with zero attached hydrogens (tertiary/aromatic N) is 4. The highest BCUT2D eigenvalue weighted by Crippen LogP contribution is 2.31. The summed E-state index contributed by atoms with van der Waals surface area (Å²) in [6.07, 6.45) is -3.43. The minimum absolute atomic E-state index is 0.0862. The second-order valence-corrected chi connectivity index (χ2v) is 6.36. The Labute approximate surface area is 147 Å². The number of alkyl halides is 3. The van der Waals surface area contributed by atoms with Gasteiger partial charge in [-0.2, -0.15) is 13.2 Å². The SMILES string of the molecule is CC(N)COCCC(=O)N1CCn2c(nc3cc(C(F)(F)F)cnc32)C1. The fraction of sp³-hybridized carbons (Fsp3) is 0.562. The van der Waals surface area contributed by atoms with Gasteiger partial charge in [-0.3, -0.25) is 4.79 Å². The molecule has 3 rings (SSSR count). The van der Waals surface area contributed by atoms with Crippen LogP contribution < -0.4 is 5.73 Å². The number of aromatic nitrogens is 3. The third kappa shape index (κ3) is 3.96. The van der Waals surface area contributed by atoms with Crippen molar-refractivity contribution in [3.05, 3.63) is 23.7 Å². The van der Waals surface area contributed by atoms with Crippen LogP contribution >= 0.6 is 0 Å². The quantitative estimate of drug-likeness (QED) is 0.806. The van der Waals surface area contributed by atoms with Crippen LogP contribution in [0.25, 0.3) is 11.2 Å². The molecule has 26 heavy (non-hydrogen) atoms. The summed E-state index contributed by atoms with van der Waals surface area (Å²) in [5.41, 5.74) is 5.33. The second-order valence-electron chi connectivity index (χ2n) is 6.36. The van der Waals surface area contributed by atoms with Crippen molar-refractivity contribution >= 4 is 17.1 Å². The van der Waals surface area contributed by atoms with Crippen molar-refractivity contribution in [1.82, 2.24) is 19.4 Å². The normalized spacial score (nSPS) is 16.0. The van der Waals surface area contributed by atoms with Crippen molar-refractivity contribution in [2.75, 3.05) is 19.8 Å². The molecule has 1 amide bonds. The first-order valence-electron chi connectivity index (χ1n) is 8.29. The van der Waals surface area contributed by atoms with Crippen molar-refractivity contribution < 1.29 is 22.7 Å². The van der Waals surface area contributed by atoms with E-state index < -0.39 is 11.7 Å². The van der Waals surface area contributed by atoms with Gasteiger partial charge in [0.2, 0.25) is 5.91 Å². The van der Waals surface area contributed by atoms with E-state index in [0.717, 1.165) is 12.3 Å². The number of halogens is 3. The predicted octanol–water partition coefficient (Wildman–Crippen LogP) is 1.55. The van der Waals surface area contributed by atoms with Crippen LogP contribution in [0.1, 0.15) is 24.7 Å². The summed E-state index contributed by atoms with van der Waals surface area (Å²) < 4.78 is 45.5. The summed E-state index contributed by atoms with van der Waals surface area (Å²) in [5.74, 6) is 0.444. The summed E-state index contributed by atoms with van der Waals surface area (Å²) in [7, 11) is 0. The Morgan fingerprint density at radius 2 is 2.19 bits per heavy atom. The van der Waals surface area contributed by atoms with Gasteiger partial charge in [-0.05, 0) is 13.0 Å². The van der Waals surface area contributed by atoms with Gasteiger partial charge in [-0.25, -0.2) is 9.97 Å². The molecule has 1 unspecified atom stereocenters. The summed E-state index contributed by atoms with van der Waals surface area (Å²) in [5, 5.41) is 0. The number of amides is 1. The Hall–Kier alpha value is -2.20. The average molecular weight is 371 g/mol. The molecule has 142 valence electrons. The van der Waals surface area contributed by atoms with Gasteiger partial charge >= 0.3 is 6.18 Å². The van der Waals surface area contributed by atoms with Crippen molar-refractivity contribution in [3.8, 4) is 0 Å². The Kier molecular flexibility index (Phi) is 5.15. The zero-order valence-electron chi connectivity index (χ0n) is 14.3. The molecule has 1 aliphatic heterocycles. The molecule has 0 fully saturated rings. The van der Waals surface area contributed by atoms with Gasteiger partial charge in [0.05, 0.1) is 31.7 Å². The van der Waals surface area contributed by atoms with E-state index in [4.69, 9.17) is 10.5 Å². The van der Waals surface area contributed by atoms with Crippen molar-refractivity contribution in [2.45, 2.75) is 38.7 Å². The van der Waals surface area contributed by atoms with Crippen LogP contribution in [-0.4, -0.2) is 51.1 Å². The molecule has 1 aliphatic rings. The maximum absolute atomic E-state index is 12.8. The molecule has 0 spiro atoms. The smallest absolute Gasteiger partial charge is 0.379 e. The minimum Gasteiger partial charge on any atom is -0.379 e. The van der Waals surface area contributed by atoms with Gasteiger partial charge in [0.15, 0.2) is 5.65 Å². The number of nitrogens with two attached hydrogens (primary N) is 1. The predicted molar refractivity (Wildman–Crippen MR) is 87.0 cm³/mol. The standard InChI is InChI=1S/C16H20F3N5O2/c1-10(20)9-26-5-2-14(25)23-3-4-24-13(8-23)22-12-6-11(16(17,18)19)7-21-15(12)24/h6-7,10H,2-5,8-9,20H2,1H3. The maximum Gasteiger partial charge on any atom is 0.417 e. The van der Waals surface area contributed by atoms with Crippen molar-refractivity contribution in [1.29, 1.82) is 0 Å². The van der Waals surface area contributed by atoms with Crippen LogP contribution in [0, 0.1) is 0 Å². The summed E-state index contributed by atoms with van der Waals surface area (Å²) in [6.45, 7) is 3.61. The number of rotatable bonds is 5. The molecule has 0 saturated heterocycles. The molecular weight excluding hydrogens is 351 g/mol. The highest BCUT2D eigenvalue weighted by atomic mass is 19.4. The van der Waals surface area contributed by atoms with E-state index in [1.807, 2.05) is 6.92 Å². The number of carbonyl (C=O) groups excluding carboxylic acids is 1. The number of imidazole rings is 1. The van der Waals surface area contributed by atoms with Gasteiger partial charge in [0.1, 0.15) is 11.3 Å². The van der Waals surface area contributed by atoms with Crippen LogP contribution in [0.2, 0.25) is 0 Å². The molecule has 0 aliphatic carbocycles. The number of pyridine rings is 1. The minimum atomic E-state index is -4.46. The molecule has 0 saturated carbocycles. The van der Waals surface area contributed by atoms with Crippen molar-refractivity contribution in [3.63, 3.8) is 0 Å². The van der Waals surface area contributed by atoms with E-state index in [9.17, 15) is 18.0 Å². The molecule has 7 nitrogen and oxygen atoms in total. The Balaban J connectivity index is 1.69. The molecule has 2 N–H and O–H groups in total. The first kappa shape index (κ1) is 18.6. The molecule has 2 aromatic rings. The fourth-order valence-electron chi connectivity index (χ4n) is 2.84. The molecule has 0 aromatic carbocycles. The zero-order chi connectivity index (χ0) is 18.9. The number of ether oxygens (including phenoxy) is 1. The summed E-state index contributed by atoms with van der Waals surface area (Å²) in [6, 6.07) is 0.899. The van der Waals surface area contributed by atoms with E-state index in [1.165, 1.54) is 0 Å². The van der Waals surface area contributed by atoms with Gasteiger partial charge in [0, 0.05) is 25.3 Å². The lowest BCUT2D eigenvalue weighted by molar-refractivity contribution is -0.137. The van der Waals surface area contributed by atoms with Crippen molar-refractivity contribution in [2.24, 2.45) is 5.73 Å². The molecule has 1 atom stereocenters. The zero-order valence-corrected chi connectivity index (χ0v) is 14.3. The van der Waals surface area contributed by atoms with E-state index >= 15 is 0 Å². The number of carbonyl (C=O) groups is 1. The number of hydrogen-bond acceptors (Lipinski definition) is 5. The van der Waals surface area contributed by atoms with Gasteiger partial charge in [0.25, 0.3) is 0 Å². The summed E-state index contributed by atoms with van der Waals surface area (Å²) >= 11 is 0. The van der Waals surface area contributed by atoms with Crippen LogP contribution in [0.5, 0.6) is 0 Å². The van der Waals surface area contributed by atoms with E-state index in [2.05, 4.69) is 9.97 Å². The lowest BCUT2D eigenvalue weighted by Gasteiger charge is -2.27. The van der Waals surface area contributed by atoms with E-state index in [1.54, 1.807) is 9.47 Å². The van der Waals surface area contributed by atoms with Gasteiger partial charge in [-0.1, -0.05) is 0 Å². The average Bonchev–Trinajstić information content (AvgIpc) is 2.94. The third-order valence-corrected chi connectivity index (χ3v) is 4.11. The van der Waals surface area contributed by atoms with Gasteiger partial charge in [-0.15, -0.1) is 0 Å². The fourth-order valence-corrected chi connectivity index (χ4v) is 2.84. The third-order valence-electron chi connectivity index (χ3n) is 4.11. The van der Waals surface area contributed by atoms with Crippen LogP contribution in [0.15, 0.2) is 12.3 Å². The molecule has 0 bridgehead atoms. The van der Waals surface area contributed by atoms with Crippen LogP contribution in [0.4, 0.5) is 13.2 Å². The maximum atomic E-state index is 12.8. The Bertz CT molecular complexity index is 803. The molecule has 3 heterocycles. The summed E-state index contributed by atoms with van der Waals surface area (Å²) in [4.78, 5) is 22.0. The molecule has 2 aromatic heterocycles. The largest absolute Gasteiger partial charge is 0.417 e. The van der Waals surface area contributed by atoms with Gasteiger partial charge < -0.3 is 19.9 Å².